The molecule has 0 aromatic carbocycles. The first-order valence-corrected chi connectivity index (χ1v) is 5.54. The van der Waals surface area contributed by atoms with Gasteiger partial charge in [-0.2, -0.15) is 5.10 Å². The summed E-state index contributed by atoms with van der Waals surface area (Å²) >= 11 is 0.852. The van der Waals surface area contributed by atoms with Crippen LogP contribution in [-0.4, -0.2) is 26.1 Å². The van der Waals surface area contributed by atoms with Crippen LogP contribution >= 0.6 is 11.3 Å². The molecule has 0 saturated carbocycles. The number of thiazole rings is 1. The van der Waals surface area contributed by atoms with Gasteiger partial charge in [-0.1, -0.05) is 0 Å². The molecule has 0 aliphatic heterocycles. The van der Waals surface area contributed by atoms with E-state index in [0.717, 1.165) is 22.2 Å². The number of nitrogens with zero attached hydrogens (tertiary/aromatic N) is 4. The summed E-state index contributed by atoms with van der Waals surface area (Å²) in [5.74, 6) is 0. The van der Waals surface area contributed by atoms with E-state index < -0.39 is 17.9 Å². The van der Waals surface area contributed by atoms with Gasteiger partial charge in [0.1, 0.15) is 12.7 Å². The number of halogens is 2. The summed E-state index contributed by atoms with van der Waals surface area (Å²) in [6, 6.07) is 0. The third-order valence-corrected chi connectivity index (χ3v) is 2.75. The maximum Gasteiger partial charge on any atom is 0.345 e. The molecule has 96 valence electrons. The van der Waals surface area contributed by atoms with E-state index in [1.807, 2.05) is 0 Å². The molecule has 10 heteroatoms. The van der Waals surface area contributed by atoms with Gasteiger partial charge in [0.05, 0.1) is 16.8 Å². The van der Waals surface area contributed by atoms with Gasteiger partial charge < -0.3 is 5.32 Å². The lowest BCUT2D eigenvalue weighted by Crippen LogP contribution is -2.06. The molecule has 0 bridgehead atoms. The van der Waals surface area contributed by atoms with Gasteiger partial charge in [-0.25, -0.2) is 13.8 Å². The summed E-state index contributed by atoms with van der Waals surface area (Å²) in [4.78, 5) is 13.7. The number of anilines is 2. The number of hydrogen-bond donors (Lipinski definition) is 1. The van der Waals surface area contributed by atoms with Crippen molar-refractivity contribution in [1.82, 2.24) is 14.8 Å². The summed E-state index contributed by atoms with van der Waals surface area (Å²) < 4.78 is 25.2. The lowest BCUT2D eigenvalue weighted by Gasteiger charge is -1.98. The van der Waals surface area contributed by atoms with E-state index in [9.17, 15) is 18.9 Å². The highest BCUT2D eigenvalue weighted by Crippen LogP contribution is 2.27. The van der Waals surface area contributed by atoms with Crippen LogP contribution < -0.4 is 5.32 Å². The summed E-state index contributed by atoms with van der Waals surface area (Å²) in [6.07, 6.45) is 1.35. The second kappa shape index (κ2) is 5.04. The lowest BCUT2D eigenvalue weighted by molar-refractivity contribution is -0.380. The van der Waals surface area contributed by atoms with Gasteiger partial charge in [0.2, 0.25) is 0 Å². The van der Waals surface area contributed by atoms with Crippen molar-refractivity contribution in [2.24, 2.45) is 0 Å². The van der Waals surface area contributed by atoms with Gasteiger partial charge >= 0.3 is 5.00 Å². The maximum atomic E-state index is 12.1. The van der Waals surface area contributed by atoms with E-state index in [-0.39, 0.29) is 5.00 Å². The summed E-state index contributed by atoms with van der Waals surface area (Å²) in [5, 5.41) is 17.1. The summed E-state index contributed by atoms with van der Waals surface area (Å²) in [5.41, 5.74) is 0.444. The Hall–Kier alpha value is -2.10. The number of hydrogen-bond acceptors (Lipinski definition) is 6. The number of nitrogens with one attached hydrogen (secondary N) is 1. The first-order valence-electron chi connectivity index (χ1n) is 4.72. The molecule has 0 aliphatic rings. The van der Waals surface area contributed by atoms with Crippen LogP contribution in [0, 0.1) is 10.1 Å². The van der Waals surface area contributed by atoms with E-state index in [0.29, 0.717) is 10.8 Å². The van der Waals surface area contributed by atoms with Crippen LogP contribution in [0.5, 0.6) is 0 Å². The molecule has 2 aromatic rings. The molecule has 2 rings (SSSR count). The van der Waals surface area contributed by atoms with E-state index in [1.54, 1.807) is 0 Å². The van der Waals surface area contributed by atoms with Crippen molar-refractivity contribution in [2.75, 3.05) is 5.32 Å². The van der Waals surface area contributed by atoms with E-state index in [1.165, 1.54) is 12.4 Å². The van der Waals surface area contributed by atoms with E-state index in [2.05, 4.69) is 15.4 Å². The first-order chi connectivity index (χ1) is 8.54. The lowest BCUT2D eigenvalue weighted by atomic mass is 10.6. The molecule has 18 heavy (non-hydrogen) atoms. The highest BCUT2D eigenvalue weighted by Gasteiger charge is 2.12. The fourth-order valence-corrected chi connectivity index (χ4v) is 1.85. The minimum atomic E-state index is -2.49. The van der Waals surface area contributed by atoms with Crippen LogP contribution in [-0.2, 0) is 6.54 Å². The predicted octanol–water partition coefficient (Wildman–Crippen LogP) is 2.26. The average molecular weight is 275 g/mol. The molecule has 0 atom stereocenters. The quantitative estimate of drug-likeness (QED) is 0.668. The Balaban J connectivity index is 2.04. The normalized spacial score (nSPS) is 10.8. The Kier molecular flexibility index (Phi) is 3.46. The third-order valence-electron chi connectivity index (χ3n) is 1.88. The largest absolute Gasteiger partial charge is 0.345 e. The Morgan fingerprint density at radius 2 is 2.33 bits per heavy atom. The van der Waals surface area contributed by atoms with Crippen LogP contribution in [0.15, 0.2) is 18.6 Å². The van der Waals surface area contributed by atoms with Crippen molar-refractivity contribution >= 4 is 27.2 Å². The van der Waals surface area contributed by atoms with Crippen LogP contribution in [0.2, 0.25) is 0 Å². The zero-order chi connectivity index (χ0) is 13.1. The maximum absolute atomic E-state index is 12.1. The van der Waals surface area contributed by atoms with Gasteiger partial charge in [0.25, 0.3) is 6.43 Å². The van der Waals surface area contributed by atoms with Crippen LogP contribution in [0.4, 0.5) is 24.6 Å². The third kappa shape index (κ3) is 2.97. The Labute approximate surface area is 103 Å². The highest BCUT2D eigenvalue weighted by atomic mass is 32.1. The Morgan fingerprint density at radius 3 is 2.94 bits per heavy atom. The minimum Gasteiger partial charge on any atom is -0.329 e. The molecule has 2 aromatic heterocycles. The first kappa shape index (κ1) is 12.4. The molecular weight excluding hydrogens is 268 g/mol. The van der Waals surface area contributed by atoms with Crippen molar-refractivity contribution in [3.8, 4) is 0 Å². The average Bonchev–Trinajstić information content (AvgIpc) is 2.88. The molecule has 0 fully saturated rings. The van der Waals surface area contributed by atoms with Gasteiger partial charge in [0.15, 0.2) is 5.13 Å². The number of rotatable bonds is 5. The molecular formula is C8H7F2N5O2S. The van der Waals surface area contributed by atoms with Crippen LogP contribution in [0.3, 0.4) is 0 Å². The number of aromatic nitrogens is 3. The summed E-state index contributed by atoms with van der Waals surface area (Å²) in [6.45, 7) is -0.500. The zero-order valence-electron chi connectivity index (χ0n) is 8.79. The monoisotopic (exact) mass is 275 g/mol. The fraction of sp³-hybridized carbons (Fsp3) is 0.250. The molecule has 0 aliphatic carbocycles. The zero-order valence-corrected chi connectivity index (χ0v) is 9.60. The van der Waals surface area contributed by atoms with Crippen molar-refractivity contribution in [2.45, 2.75) is 13.0 Å². The van der Waals surface area contributed by atoms with E-state index >= 15 is 0 Å². The second-order valence-corrected chi connectivity index (χ2v) is 4.24. The highest BCUT2D eigenvalue weighted by molar-refractivity contribution is 7.18. The van der Waals surface area contributed by atoms with Gasteiger partial charge in [0, 0.05) is 6.20 Å². The molecule has 0 saturated heterocycles. The minimum absolute atomic E-state index is 0.0996. The molecule has 1 N–H and O–H groups in total. The Morgan fingerprint density at radius 1 is 1.56 bits per heavy atom. The second-order valence-electron chi connectivity index (χ2n) is 3.23. The molecule has 0 amide bonds. The molecule has 2 heterocycles. The molecule has 0 spiro atoms. The summed E-state index contributed by atoms with van der Waals surface area (Å²) in [7, 11) is 0. The molecule has 0 radical (unpaired) electrons. The van der Waals surface area contributed by atoms with Gasteiger partial charge in [-0.15, -0.1) is 0 Å². The molecule has 0 unspecified atom stereocenters. The van der Waals surface area contributed by atoms with Crippen molar-refractivity contribution in [3.05, 3.63) is 28.7 Å². The van der Waals surface area contributed by atoms with Crippen LogP contribution in [0.25, 0.3) is 0 Å². The van der Waals surface area contributed by atoms with Gasteiger partial charge in [-0.3, -0.25) is 14.8 Å². The van der Waals surface area contributed by atoms with Crippen LogP contribution in [0.1, 0.15) is 0 Å². The fourth-order valence-electron chi connectivity index (χ4n) is 1.20. The smallest absolute Gasteiger partial charge is 0.329 e. The molecule has 7 nitrogen and oxygen atoms in total. The van der Waals surface area contributed by atoms with Crippen molar-refractivity contribution < 1.29 is 13.7 Å². The Bertz CT molecular complexity index is 555. The van der Waals surface area contributed by atoms with Crippen molar-refractivity contribution in [3.63, 3.8) is 0 Å². The topological polar surface area (TPSA) is 85.9 Å². The van der Waals surface area contributed by atoms with Gasteiger partial charge in [-0.05, 0) is 11.3 Å². The number of alkyl halides is 2. The standard InChI is InChI=1S/C8H7F2N5O2S/c9-6(10)4-14-3-5(1-12-14)13-8-11-2-7(18-8)15(16)17/h1-3,6H,4H2,(H,11,13). The van der Waals surface area contributed by atoms with Crippen molar-refractivity contribution in [1.29, 1.82) is 0 Å². The number of nitro groups is 1. The SMILES string of the molecule is O=[N+]([O-])c1cnc(Nc2cnn(CC(F)F)c2)s1. The van der Waals surface area contributed by atoms with E-state index in [4.69, 9.17) is 0 Å². The predicted molar refractivity (Wildman–Crippen MR) is 60.3 cm³/mol.